The molecule has 1 saturated carbocycles. The van der Waals surface area contributed by atoms with E-state index in [-0.39, 0.29) is 12.4 Å². The second-order valence-electron chi connectivity index (χ2n) is 8.00. The highest BCUT2D eigenvalue weighted by Gasteiger charge is 2.28. The van der Waals surface area contributed by atoms with Crippen LogP contribution in [0.3, 0.4) is 0 Å². The van der Waals surface area contributed by atoms with E-state index in [1.165, 1.54) is 64.0 Å². The fourth-order valence-corrected chi connectivity index (χ4v) is 4.67. The molecule has 2 aliphatic heterocycles. The van der Waals surface area contributed by atoms with Crippen molar-refractivity contribution in [3.8, 4) is 0 Å². The first-order valence-corrected chi connectivity index (χ1v) is 9.64. The van der Waals surface area contributed by atoms with Crippen LogP contribution < -0.4 is 5.32 Å². The zero-order valence-corrected chi connectivity index (χ0v) is 15.7. The van der Waals surface area contributed by atoms with Crippen molar-refractivity contribution in [2.75, 3.05) is 26.2 Å². The number of nitrogens with zero attached hydrogens (tertiary/aromatic N) is 4. The van der Waals surface area contributed by atoms with E-state index in [1.54, 1.807) is 0 Å². The maximum atomic E-state index is 4.52. The largest absolute Gasteiger partial charge is 0.312 e. The summed E-state index contributed by atoms with van der Waals surface area (Å²) >= 11 is 0. The number of nitrogens with one attached hydrogen (secondary N) is 1. The average molecular weight is 354 g/mol. The van der Waals surface area contributed by atoms with Gasteiger partial charge in [-0.1, -0.05) is 19.8 Å². The van der Waals surface area contributed by atoms with Crippen molar-refractivity contribution < 1.29 is 0 Å². The number of aromatic nitrogens is 3. The molecule has 0 bridgehead atoms. The van der Waals surface area contributed by atoms with Crippen LogP contribution in [0.2, 0.25) is 0 Å². The van der Waals surface area contributed by atoms with Gasteiger partial charge in [0, 0.05) is 25.6 Å². The van der Waals surface area contributed by atoms with E-state index in [9.17, 15) is 0 Å². The molecule has 24 heavy (non-hydrogen) atoms. The van der Waals surface area contributed by atoms with Gasteiger partial charge in [-0.15, -0.1) is 22.6 Å². The summed E-state index contributed by atoms with van der Waals surface area (Å²) in [7, 11) is 0. The molecule has 6 heteroatoms. The molecule has 1 saturated heterocycles. The van der Waals surface area contributed by atoms with E-state index in [1.807, 2.05) is 0 Å². The molecule has 2 fully saturated rings. The summed E-state index contributed by atoms with van der Waals surface area (Å²) in [5.41, 5.74) is 0. The van der Waals surface area contributed by atoms with E-state index >= 15 is 0 Å². The fourth-order valence-electron chi connectivity index (χ4n) is 4.67. The summed E-state index contributed by atoms with van der Waals surface area (Å²) in [4.78, 5) is 2.71. The second-order valence-corrected chi connectivity index (χ2v) is 8.00. The van der Waals surface area contributed by atoms with Gasteiger partial charge in [0.15, 0.2) is 0 Å². The van der Waals surface area contributed by atoms with Crippen LogP contribution in [-0.4, -0.2) is 45.8 Å². The smallest absolute Gasteiger partial charge is 0.147 e. The predicted octanol–water partition coefficient (Wildman–Crippen LogP) is 2.81. The standard InChI is InChI=1S/C18H31N5.ClH/c1-14-2-4-15(5-3-14)13-22-9-6-16(7-10-22)18-21-20-17-12-19-8-11-23(17)18;/h14-16,19H,2-13H2,1H3;1H. The second kappa shape index (κ2) is 8.15. The number of fused-ring (bicyclic) bond motifs is 1. The summed E-state index contributed by atoms with van der Waals surface area (Å²) in [5.74, 6) is 4.93. The van der Waals surface area contributed by atoms with Crippen LogP contribution in [0.25, 0.3) is 0 Å². The third-order valence-corrected chi connectivity index (χ3v) is 6.26. The summed E-state index contributed by atoms with van der Waals surface area (Å²) in [6.45, 7) is 9.22. The van der Waals surface area contributed by atoms with Crippen LogP contribution in [0.15, 0.2) is 0 Å². The quantitative estimate of drug-likeness (QED) is 0.907. The van der Waals surface area contributed by atoms with Gasteiger partial charge in [-0.05, 0) is 50.6 Å². The Morgan fingerprint density at radius 2 is 1.75 bits per heavy atom. The van der Waals surface area contributed by atoms with E-state index in [4.69, 9.17) is 0 Å². The van der Waals surface area contributed by atoms with E-state index in [2.05, 4.69) is 31.9 Å². The normalized spacial score (nSPS) is 29.0. The van der Waals surface area contributed by atoms with E-state index in [0.717, 1.165) is 37.3 Å². The van der Waals surface area contributed by atoms with Crippen molar-refractivity contribution in [1.82, 2.24) is 25.0 Å². The highest BCUT2D eigenvalue weighted by molar-refractivity contribution is 5.85. The lowest BCUT2D eigenvalue weighted by Crippen LogP contribution is -2.38. The summed E-state index contributed by atoms with van der Waals surface area (Å²) in [5, 5.41) is 12.3. The van der Waals surface area contributed by atoms with Gasteiger partial charge in [0.1, 0.15) is 11.6 Å². The van der Waals surface area contributed by atoms with Gasteiger partial charge >= 0.3 is 0 Å². The highest BCUT2D eigenvalue weighted by Crippen LogP contribution is 2.32. The topological polar surface area (TPSA) is 46.0 Å². The predicted molar refractivity (Wildman–Crippen MR) is 98.5 cm³/mol. The van der Waals surface area contributed by atoms with Crippen LogP contribution in [0.4, 0.5) is 0 Å². The number of hydrogen-bond acceptors (Lipinski definition) is 4. The Balaban J connectivity index is 0.00000169. The first-order valence-electron chi connectivity index (χ1n) is 9.64. The van der Waals surface area contributed by atoms with Crippen LogP contribution in [0.5, 0.6) is 0 Å². The molecule has 0 amide bonds. The lowest BCUT2D eigenvalue weighted by Gasteiger charge is -2.36. The molecule has 1 N–H and O–H groups in total. The lowest BCUT2D eigenvalue weighted by molar-refractivity contribution is 0.151. The molecule has 3 heterocycles. The first kappa shape index (κ1) is 18.2. The minimum absolute atomic E-state index is 0. The van der Waals surface area contributed by atoms with Gasteiger partial charge in [0.25, 0.3) is 0 Å². The summed E-state index contributed by atoms with van der Waals surface area (Å²) in [6, 6.07) is 0. The molecular formula is C18H32ClN5. The van der Waals surface area contributed by atoms with Crippen LogP contribution in [-0.2, 0) is 13.1 Å². The number of piperidine rings is 1. The Labute approximate surface area is 152 Å². The van der Waals surface area contributed by atoms with Crippen molar-refractivity contribution >= 4 is 12.4 Å². The summed E-state index contributed by atoms with van der Waals surface area (Å²) < 4.78 is 2.37. The van der Waals surface area contributed by atoms with Crippen molar-refractivity contribution in [3.63, 3.8) is 0 Å². The zero-order valence-electron chi connectivity index (χ0n) is 14.9. The molecule has 0 radical (unpaired) electrons. The molecular weight excluding hydrogens is 322 g/mol. The molecule has 3 aliphatic rings. The SMILES string of the molecule is CC1CCC(CN2CCC(c3nnc4n3CCNC4)CC2)CC1.Cl. The van der Waals surface area contributed by atoms with Gasteiger partial charge in [0.2, 0.25) is 0 Å². The number of hydrogen-bond donors (Lipinski definition) is 1. The van der Waals surface area contributed by atoms with E-state index in [0.29, 0.717) is 5.92 Å². The molecule has 0 unspecified atom stereocenters. The monoisotopic (exact) mass is 353 g/mol. The Morgan fingerprint density at radius 1 is 1.00 bits per heavy atom. The summed E-state index contributed by atoms with van der Waals surface area (Å²) in [6.07, 6.45) is 8.31. The zero-order chi connectivity index (χ0) is 15.6. The molecule has 0 atom stereocenters. The number of likely N-dealkylation sites (tertiary alicyclic amines) is 1. The van der Waals surface area contributed by atoms with E-state index < -0.39 is 0 Å². The van der Waals surface area contributed by atoms with Crippen molar-refractivity contribution in [2.45, 2.75) is 64.5 Å². The van der Waals surface area contributed by atoms with Gasteiger partial charge in [-0.25, -0.2) is 0 Å². The van der Waals surface area contributed by atoms with Gasteiger partial charge < -0.3 is 14.8 Å². The molecule has 1 aromatic rings. The Kier molecular flexibility index (Phi) is 6.17. The van der Waals surface area contributed by atoms with Gasteiger partial charge in [0.05, 0.1) is 6.54 Å². The third-order valence-electron chi connectivity index (χ3n) is 6.26. The number of halogens is 1. The van der Waals surface area contributed by atoms with Crippen LogP contribution in [0.1, 0.15) is 63.0 Å². The molecule has 4 rings (SSSR count). The fraction of sp³-hybridized carbons (Fsp3) is 0.889. The van der Waals surface area contributed by atoms with Crippen LogP contribution >= 0.6 is 12.4 Å². The minimum Gasteiger partial charge on any atom is -0.312 e. The van der Waals surface area contributed by atoms with Gasteiger partial charge in [-0.3, -0.25) is 0 Å². The minimum atomic E-state index is 0. The molecule has 5 nitrogen and oxygen atoms in total. The van der Waals surface area contributed by atoms with Crippen molar-refractivity contribution in [3.05, 3.63) is 11.6 Å². The lowest BCUT2D eigenvalue weighted by atomic mass is 9.82. The maximum Gasteiger partial charge on any atom is 0.147 e. The Bertz CT molecular complexity index is 515. The van der Waals surface area contributed by atoms with Gasteiger partial charge in [-0.2, -0.15) is 0 Å². The van der Waals surface area contributed by atoms with Crippen molar-refractivity contribution in [2.24, 2.45) is 11.8 Å². The van der Waals surface area contributed by atoms with Crippen molar-refractivity contribution in [1.29, 1.82) is 0 Å². The maximum absolute atomic E-state index is 4.52. The number of rotatable bonds is 3. The highest BCUT2D eigenvalue weighted by atomic mass is 35.5. The third kappa shape index (κ3) is 3.94. The molecule has 1 aliphatic carbocycles. The molecule has 1 aromatic heterocycles. The average Bonchev–Trinajstić information content (AvgIpc) is 3.02. The van der Waals surface area contributed by atoms with Crippen LogP contribution in [0, 0.1) is 11.8 Å². The molecule has 0 spiro atoms. The molecule has 136 valence electrons. The first-order chi connectivity index (χ1) is 11.3. The Morgan fingerprint density at radius 3 is 2.50 bits per heavy atom. The Hall–Kier alpha value is -0.650. The molecule has 0 aromatic carbocycles.